The lowest BCUT2D eigenvalue weighted by Crippen LogP contribution is -2.42. The fourth-order valence-electron chi connectivity index (χ4n) is 4.07. The van der Waals surface area contributed by atoms with Crippen molar-refractivity contribution in [2.24, 2.45) is 0 Å². The molecule has 1 fully saturated rings. The zero-order chi connectivity index (χ0) is 29.1. The highest BCUT2D eigenvalue weighted by atomic mass is 19.4. The van der Waals surface area contributed by atoms with Gasteiger partial charge in [0, 0.05) is 50.4 Å². The maximum Gasteiger partial charge on any atom is 0.490 e. The fourth-order valence-corrected chi connectivity index (χ4v) is 4.07. The number of amides is 1. The second-order valence-corrected chi connectivity index (χ2v) is 8.94. The number of halogens is 3. The molecule has 0 aromatic heterocycles. The van der Waals surface area contributed by atoms with Crippen LogP contribution in [0.2, 0.25) is 0 Å². The van der Waals surface area contributed by atoms with E-state index in [1.807, 2.05) is 12.1 Å². The Balaban J connectivity index is 0.000000559. The number of ether oxygens (including phenoxy) is 1. The Morgan fingerprint density at radius 2 is 1.75 bits per heavy atom. The number of hydrogen-bond donors (Lipinski definition) is 3. The minimum absolute atomic E-state index is 0.206. The smallest absolute Gasteiger partial charge is 0.490 e. The molecule has 1 aliphatic rings. The third-order valence-electron chi connectivity index (χ3n) is 6.07. The molecule has 0 aliphatic carbocycles. The van der Waals surface area contributed by atoms with E-state index < -0.39 is 12.1 Å². The predicted molar refractivity (Wildman–Crippen MR) is 143 cm³/mol. The molecule has 0 saturated carbocycles. The third kappa shape index (κ3) is 8.83. The summed E-state index contributed by atoms with van der Waals surface area (Å²) in [5.74, 6) is -2.17. The first-order chi connectivity index (χ1) is 19.1. The predicted octanol–water partition coefficient (Wildman–Crippen LogP) is 4.20. The van der Waals surface area contributed by atoms with Crippen LogP contribution in [-0.4, -0.2) is 61.3 Å². The van der Waals surface area contributed by atoms with Crippen LogP contribution in [0.5, 0.6) is 5.75 Å². The SMILES string of the molecule is COc1ccc(CNC(=O)c2cccc(C#N)c2)cc1-c1cccc(CN2CCNCC2)c1.O=C(O)C(F)(F)F. The first-order valence-corrected chi connectivity index (χ1v) is 12.4. The van der Waals surface area contributed by atoms with Gasteiger partial charge in [0.25, 0.3) is 5.91 Å². The van der Waals surface area contributed by atoms with E-state index in [0.717, 1.165) is 55.2 Å². The molecule has 0 radical (unpaired) electrons. The summed E-state index contributed by atoms with van der Waals surface area (Å²) in [7, 11) is 1.67. The van der Waals surface area contributed by atoms with E-state index in [9.17, 15) is 18.0 Å². The van der Waals surface area contributed by atoms with Crippen LogP contribution in [0.25, 0.3) is 11.1 Å². The number of nitriles is 1. The molecule has 3 aromatic rings. The number of methoxy groups -OCH3 is 1. The molecule has 1 aliphatic heterocycles. The minimum Gasteiger partial charge on any atom is -0.496 e. The first kappa shape index (κ1) is 30.1. The van der Waals surface area contributed by atoms with Gasteiger partial charge in [-0.15, -0.1) is 0 Å². The molecule has 11 heteroatoms. The van der Waals surface area contributed by atoms with Gasteiger partial charge in [0.2, 0.25) is 0 Å². The maximum atomic E-state index is 12.5. The van der Waals surface area contributed by atoms with Gasteiger partial charge in [-0.1, -0.05) is 30.3 Å². The van der Waals surface area contributed by atoms with Crippen molar-refractivity contribution in [3.8, 4) is 22.9 Å². The Morgan fingerprint density at radius 1 is 1.05 bits per heavy atom. The number of rotatable bonds is 7. The molecule has 4 rings (SSSR count). The average Bonchev–Trinajstić information content (AvgIpc) is 2.96. The minimum atomic E-state index is -5.08. The first-order valence-electron chi connectivity index (χ1n) is 12.4. The molecule has 1 heterocycles. The van der Waals surface area contributed by atoms with Crippen molar-refractivity contribution in [1.29, 1.82) is 5.26 Å². The fraction of sp³-hybridized carbons (Fsp3) is 0.276. The molecule has 1 amide bonds. The van der Waals surface area contributed by atoms with Crippen molar-refractivity contribution in [1.82, 2.24) is 15.5 Å². The quantitative estimate of drug-likeness (QED) is 0.401. The van der Waals surface area contributed by atoms with Crippen LogP contribution in [0.4, 0.5) is 13.2 Å². The number of benzene rings is 3. The van der Waals surface area contributed by atoms with Crippen LogP contribution >= 0.6 is 0 Å². The lowest BCUT2D eigenvalue weighted by molar-refractivity contribution is -0.192. The summed E-state index contributed by atoms with van der Waals surface area (Å²) in [5, 5.41) is 22.5. The zero-order valence-electron chi connectivity index (χ0n) is 21.8. The standard InChI is InChI=1S/C27H28N4O2.C2HF3O2/c1-33-26-9-8-21(18-30-27(32)24-7-2-4-20(14-24)17-28)16-25(26)23-6-3-5-22(15-23)19-31-12-10-29-11-13-31;3-2(4,5)1(6)7/h2-9,14-16,29H,10-13,18-19H2,1H3,(H,30,32);(H,6,7). The van der Waals surface area contributed by atoms with Gasteiger partial charge in [0.1, 0.15) is 5.75 Å². The number of carboxylic acids is 1. The van der Waals surface area contributed by atoms with E-state index in [1.54, 1.807) is 31.4 Å². The normalized spacial score (nSPS) is 13.4. The van der Waals surface area contributed by atoms with Crippen LogP contribution in [0, 0.1) is 11.3 Å². The van der Waals surface area contributed by atoms with Gasteiger partial charge in [-0.05, 0) is 53.1 Å². The number of nitrogens with one attached hydrogen (secondary N) is 2. The lowest BCUT2D eigenvalue weighted by atomic mass is 9.99. The van der Waals surface area contributed by atoms with E-state index in [4.69, 9.17) is 19.9 Å². The van der Waals surface area contributed by atoms with Gasteiger partial charge in [-0.2, -0.15) is 18.4 Å². The number of nitrogens with zero attached hydrogens (tertiary/aromatic N) is 2. The third-order valence-corrected chi connectivity index (χ3v) is 6.07. The van der Waals surface area contributed by atoms with Gasteiger partial charge in [-0.25, -0.2) is 4.79 Å². The second kappa shape index (κ2) is 14.1. The average molecular weight is 555 g/mol. The highest BCUT2D eigenvalue weighted by molar-refractivity contribution is 5.94. The van der Waals surface area contributed by atoms with E-state index in [1.165, 1.54) is 5.56 Å². The highest BCUT2D eigenvalue weighted by Gasteiger charge is 2.38. The van der Waals surface area contributed by atoms with E-state index in [2.05, 4.69) is 51.9 Å². The van der Waals surface area contributed by atoms with Crippen molar-refractivity contribution < 1.29 is 32.6 Å². The van der Waals surface area contributed by atoms with Crippen LogP contribution < -0.4 is 15.4 Å². The number of aliphatic carboxylic acids is 1. The lowest BCUT2D eigenvalue weighted by Gasteiger charge is -2.27. The van der Waals surface area contributed by atoms with Crippen LogP contribution in [0.1, 0.15) is 27.0 Å². The Hall–Kier alpha value is -4.40. The molecular formula is C29H29F3N4O4. The van der Waals surface area contributed by atoms with Crippen molar-refractivity contribution in [2.75, 3.05) is 33.3 Å². The van der Waals surface area contributed by atoms with Crippen LogP contribution in [0.15, 0.2) is 66.7 Å². The van der Waals surface area contributed by atoms with Gasteiger partial charge < -0.3 is 20.5 Å². The molecule has 0 atom stereocenters. The van der Waals surface area contributed by atoms with E-state index in [-0.39, 0.29) is 5.91 Å². The highest BCUT2D eigenvalue weighted by Crippen LogP contribution is 2.32. The Bertz CT molecular complexity index is 1370. The molecule has 8 nitrogen and oxygen atoms in total. The molecule has 1 saturated heterocycles. The number of alkyl halides is 3. The van der Waals surface area contributed by atoms with Gasteiger partial charge in [-0.3, -0.25) is 9.69 Å². The van der Waals surface area contributed by atoms with Gasteiger partial charge >= 0.3 is 12.1 Å². The molecule has 0 unspecified atom stereocenters. The Morgan fingerprint density at radius 3 is 2.40 bits per heavy atom. The summed E-state index contributed by atoms with van der Waals surface area (Å²) < 4.78 is 37.4. The van der Waals surface area contributed by atoms with Crippen LogP contribution in [0.3, 0.4) is 0 Å². The van der Waals surface area contributed by atoms with Crippen molar-refractivity contribution >= 4 is 11.9 Å². The number of carboxylic acid groups (broad SMARTS) is 1. The molecule has 0 spiro atoms. The van der Waals surface area contributed by atoms with Crippen molar-refractivity contribution in [3.05, 3.63) is 89.0 Å². The number of carbonyl (C=O) groups excluding carboxylic acids is 1. The molecule has 3 N–H and O–H groups in total. The summed E-state index contributed by atoms with van der Waals surface area (Å²) in [4.78, 5) is 23.9. The zero-order valence-corrected chi connectivity index (χ0v) is 21.8. The molecule has 3 aromatic carbocycles. The summed E-state index contributed by atoms with van der Waals surface area (Å²) in [6.45, 7) is 5.48. The number of carbonyl (C=O) groups is 2. The Labute approximate surface area is 230 Å². The number of piperazine rings is 1. The maximum absolute atomic E-state index is 12.5. The Kier molecular flexibility index (Phi) is 10.6. The van der Waals surface area contributed by atoms with E-state index in [0.29, 0.717) is 17.7 Å². The molecular weight excluding hydrogens is 525 g/mol. The van der Waals surface area contributed by atoms with E-state index >= 15 is 0 Å². The monoisotopic (exact) mass is 554 g/mol. The van der Waals surface area contributed by atoms with Crippen LogP contribution in [-0.2, 0) is 17.9 Å². The van der Waals surface area contributed by atoms with Gasteiger partial charge in [0.15, 0.2) is 0 Å². The molecule has 40 heavy (non-hydrogen) atoms. The van der Waals surface area contributed by atoms with Crippen molar-refractivity contribution in [3.63, 3.8) is 0 Å². The molecule has 210 valence electrons. The second-order valence-electron chi connectivity index (χ2n) is 8.94. The van der Waals surface area contributed by atoms with Crippen molar-refractivity contribution in [2.45, 2.75) is 19.3 Å². The summed E-state index contributed by atoms with van der Waals surface area (Å²) in [6.07, 6.45) is -5.08. The topological polar surface area (TPSA) is 115 Å². The summed E-state index contributed by atoms with van der Waals surface area (Å²) >= 11 is 0. The number of hydrogen-bond acceptors (Lipinski definition) is 6. The summed E-state index contributed by atoms with van der Waals surface area (Å²) in [6, 6.07) is 23.3. The largest absolute Gasteiger partial charge is 0.496 e. The van der Waals surface area contributed by atoms with Gasteiger partial charge in [0.05, 0.1) is 18.7 Å². The summed E-state index contributed by atoms with van der Waals surface area (Å²) in [5.41, 5.74) is 5.28. The molecule has 0 bridgehead atoms.